The maximum atomic E-state index is 12.0. The number of carbonyl (C=O) groups is 3. The van der Waals surface area contributed by atoms with Crippen molar-refractivity contribution < 1.29 is 61.1 Å². The van der Waals surface area contributed by atoms with Crippen molar-refractivity contribution in [2.24, 2.45) is 0 Å². The Balaban J connectivity index is 0.000000443. The van der Waals surface area contributed by atoms with E-state index in [-0.39, 0.29) is 29.7 Å². The van der Waals surface area contributed by atoms with Gasteiger partial charge < -0.3 is 44.2 Å². The number of aryl methyl sites for hydroxylation is 7. The summed E-state index contributed by atoms with van der Waals surface area (Å²) in [6.07, 6.45) is 8.71. The molecule has 12 nitrogen and oxygen atoms in total. The summed E-state index contributed by atoms with van der Waals surface area (Å²) in [7, 11) is 6.52. The Morgan fingerprint density at radius 3 is 1.21 bits per heavy atom. The summed E-state index contributed by atoms with van der Waals surface area (Å²) in [5, 5.41) is 17.2. The molecule has 0 fully saturated rings. The van der Waals surface area contributed by atoms with Gasteiger partial charge in [0, 0.05) is 32.6 Å². The fourth-order valence-corrected chi connectivity index (χ4v) is 11.0. The Hall–Kier alpha value is -11.2. The van der Waals surface area contributed by atoms with E-state index in [1.54, 1.807) is 54.4 Å². The second kappa shape index (κ2) is 62.2. The van der Waals surface area contributed by atoms with E-state index in [4.69, 9.17) is 33.5 Å². The highest BCUT2D eigenvalue weighted by molar-refractivity contribution is 5.93. The number of unbranched alkanes of at least 4 members (excludes halogenated alkanes) is 1. The Morgan fingerprint density at radius 1 is 0.393 bits per heavy atom. The van der Waals surface area contributed by atoms with Gasteiger partial charge in [-0.3, -0.25) is 14.4 Å². The molecule has 0 aliphatic heterocycles. The molecule has 11 rings (SSSR count). The Bertz CT molecular complexity index is 4310. The maximum absolute atomic E-state index is 12.0. The van der Waals surface area contributed by atoms with Crippen molar-refractivity contribution in [1.29, 1.82) is 0 Å². The lowest BCUT2D eigenvalue weighted by Crippen LogP contribution is -2.31. The van der Waals surface area contributed by atoms with Gasteiger partial charge in [-0.2, -0.15) is 13.2 Å². The van der Waals surface area contributed by atoms with Crippen molar-refractivity contribution >= 4 is 28.4 Å². The summed E-state index contributed by atoms with van der Waals surface area (Å²) in [6, 6.07) is 88.3. The van der Waals surface area contributed by atoms with E-state index >= 15 is 0 Å². The molecule has 0 bridgehead atoms. The minimum atomic E-state index is -4.22. The monoisotopic (exact) mass is 1600 g/mol. The number of carbonyl (C=O) groups excluding carboxylic acids is 3. The molecular weight excluding hydrogens is 1470 g/mol. The Labute approximate surface area is 698 Å². The molecule has 0 aromatic heterocycles. The zero-order valence-corrected chi connectivity index (χ0v) is 72.5. The third-order valence-corrected chi connectivity index (χ3v) is 17.6. The van der Waals surface area contributed by atoms with Crippen LogP contribution in [0.5, 0.6) is 34.5 Å². The van der Waals surface area contributed by atoms with E-state index in [0.29, 0.717) is 36.2 Å². The van der Waals surface area contributed by atoms with E-state index in [9.17, 15) is 27.6 Å². The van der Waals surface area contributed by atoms with Crippen LogP contribution in [0, 0.1) is 0 Å². The number of hydrogen-bond donors (Lipinski definition) is 3. The van der Waals surface area contributed by atoms with E-state index in [2.05, 4.69) is 174 Å². The van der Waals surface area contributed by atoms with Crippen LogP contribution in [0.2, 0.25) is 0 Å². The largest absolute Gasteiger partial charge is 0.508 e. The zero-order valence-electron chi connectivity index (χ0n) is 72.5. The molecule has 117 heavy (non-hydrogen) atoms. The number of amides is 2. The average molecular weight is 1600 g/mol. The summed E-state index contributed by atoms with van der Waals surface area (Å²) < 4.78 is 67.6. The molecule has 15 heteroatoms. The summed E-state index contributed by atoms with van der Waals surface area (Å²) in [6.45, 7) is 27.7. The number of hydrogen-bond acceptors (Lipinski definition) is 10. The molecule has 0 saturated carbocycles. The number of rotatable bonds is 26. The predicted molar refractivity (Wildman–Crippen MR) is 480 cm³/mol. The van der Waals surface area contributed by atoms with Crippen LogP contribution >= 0.6 is 0 Å². The van der Waals surface area contributed by atoms with Crippen LogP contribution in [0.3, 0.4) is 0 Å². The van der Waals surface area contributed by atoms with Gasteiger partial charge in [0.1, 0.15) is 23.9 Å². The van der Waals surface area contributed by atoms with Crippen molar-refractivity contribution in [1.82, 2.24) is 10.6 Å². The van der Waals surface area contributed by atoms with Crippen LogP contribution in [-0.4, -0.2) is 77.0 Å². The molecule has 2 atom stereocenters. The number of benzene rings is 11. The molecule has 2 unspecified atom stereocenters. The van der Waals surface area contributed by atoms with Crippen molar-refractivity contribution in [3.05, 3.63) is 334 Å². The Morgan fingerprint density at radius 2 is 0.795 bits per heavy atom. The lowest BCUT2D eigenvalue weighted by Gasteiger charge is -2.13. The summed E-state index contributed by atoms with van der Waals surface area (Å²) in [4.78, 5) is 32.1. The number of nitrogens with one attached hydrogen (secondary N) is 2. The van der Waals surface area contributed by atoms with Gasteiger partial charge in [-0.1, -0.05) is 287 Å². The van der Waals surface area contributed by atoms with Gasteiger partial charge in [-0.15, -0.1) is 0 Å². The lowest BCUT2D eigenvalue weighted by atomic mass is 10.0. The van der Waals surface area contributed by atoms with Gasteiger partial charge in [0.2, 0.25) is 17.6 Å². The molecule has 0 heterocycles. The third kappa shape index (κ3) is 46.2. The van der Waals surface area contributed by atoms with Gasteiger partial charge in [0.05, 0.1) is 46.1 Å². The fraction of sp³-hybridized carbons (Fsp3) is 0.343. The van der Waals surface area contributed by atoms with Crippen molar-refractivity contribution in [2.45, 2.75) is 185 Å². The second-order valence-electron chi connectivity index (χ2n) is 27.2. The van der Waals surface area contributed by atoms with E-state index in [0.717, 1.165) is 98.3 Å². The first-order valence-corrected chi connectivity index (χ1v) is 40.7. The van der Waals surface area contributed by atoms with Crippen LogP contribution in [0.15, 0.2) is 273 Å². The molecule has 11 aromatic rings. The number of fused-ring (bicyclic) bond motifs is 1. The Kier molecular flexibility index (Phi) is 54.2. The van der Waals surface area contributed by atoms with Crippen LogP contribution in [0.1, 0.15) is 188 Å². The van der Waals surface area contributed by atoms with Gasteiger partial charge in [0.25, 0.3) is 0 Å². The molecule has 0 aliphatic rings. The molecule has 3 N–H and O–H groups in total. The van der Waals surface area contributed by atoms with E-state index in [1.807, 2.05) is 142 Å². The van der Waals surface area contributed by atoms with E-state index < -0.39 is 11.7 Å². The first-order chi connectivity index (χ1) is 56.4. The van der Waals surface area contributed by atoms with E-state index in [1.165, 1.54) is 94.5 Å². The van der Waals surface area contributed by atoms with Crippen molar-refractivity contribution in [2.75, 3.05) is 48.3 Å². The smallest absolute Gasteiger partial charge is 0.416 e. The summed E-state index contributed by atoms with van der Waals surface area (Å²) >= 11 is 0. The molecule has 2 amide bonds. The van der Waals surface area contributed by atoms with Gasteiger partial charge in [0.15, 0.2) is 17.3 Å². The van der Waals surface area contributed by atoms with Gasteiger partial charge >= 0.3 is 6.18 Å². The minimum absolute atomic E-state index is 0.00588. The molecule has 0 saturated heterocycles. The number of Topliss-reactive ketones (excluding diaryl/α,β-unsaturated/α-hetero) is 1. The van der Waals surface area contributed by atoms with Crippen LogP contribution in [-0.2, 0) is 71.9 Å². The van der Waals surface area contributed by atoms with Gasteiger partial charge in [-0.25, -0.2) is 0 Å². The number of alkyl halides is 3. The highest BCUT2D eigenvalue weighted by Gasteiger charge is 2.29. The van der Waals surface area contributed by atoms with Gasteiger partial charge in [-0.05, 0) is 200 Å². The van der Waals surface area contributed by atoms with Crippen molar-refractivity contribution in [3.8, 4) is 34.5 Å². The molecule has 630 valence electrons. The molecule has 0 aliphatic carbocycles. The third-order valence-electron chi connectivity index (χ3n) is 17.6. The number of ketones is 1. The quantitative estimate of drug-likeness (QED) is 0.0353. The highest BCUT2D eigenvalue weighted by atomic mass is 19.4. The predicted octanol–water partition coefficient (Wildman–Crippen LogP) is 25.2. The zero-order chi connectivity index (χ0) is 86.4. The van der Waals surface area contributed by atoms with Crippen molar-refractivity contribution in [3.63, 3.8) is 0 Å². The summed E-state index contributed by atoms with van der Waals surface area (Å²) in [5.74, 6) is 4.48. The minimum Gasteiger partial charge on any atom is -0.508 e. The molecule has 0 radical (unpaired) electrons. The summed E-state index contributed by atoms with van der Waals surface area (Å²) in [5.41, 5.74) is 11.5. The number of ether oxygens (including phenoxy) is 6. The van der Waals surface area contributed by atoms with Crippen LogP contribution < -0.4 is 34.3 Å². The fourth-order valence-electron chi connectivity index (χ4n) is 11.0. The number of halogens is 3. The number of aromatic hydroxyl groups is 1. The number of phenolic OH excluding ortho intramolecular Hbond substituents is 1. The number of phenols is 1. The number of methoxy groups -OCH3 is 4. The molecule has 11 aromatic carbocycles. The first-order valence-electron chi connectivity index (χ1n) is 40.7. The maximum Gasteiger partial charge on any atom is 0.416 e. The normalized spacial score (nSPS) is 10.5. The average Bonchev–Trinajstić information content (AvgIpc) is 0.835. The van der Waals surface area contributed by atoms with Crippen LogP contribution in [0.4, 0.5) is 13.2 Å². The topological polar surface area (TPSA) is 151 Å². The highest BCUT2D eigenvalue weighted by Crippen LogP contribution is 2.38. The lowest BCUT2D eigenvalue weighted by molar-refractivity contribution is -0.137. The SMILES string of the molecule is CC(=O)NC(C)Cc1ccccc1.CC(=O)NC(C)c1ccccc1.CC(=O)c1ccccc1.CCCCOc1ccc(CCC)cc1.CCCc1ccc2ccccc2c1.CCc1cc(OC)c(OC)c(OC)c1.CCc1ccc(C(F)(F)F)cc1.CCc1ccc(O)cc1.CCc1ccc(OCCOC)cc1.CCc1ccccc1. The first kappa shape index (κ1) is 102. The standard InChI is InChI=1S/C13H20O.C13H14.C11H15NO.C11H16O3.C11H16O2.C10H13NO.C9H9F3.C8H8O.C8H10O.C8H10/c1-3-5-11-14-13-9-7-12(6-4-2)8-10-13;1-2-5-11-8-9-12-6-3-4-7-13(12)10-11;1-9(12-10(2)13)8-11-6-4-3-5-7-11;1-5-8-6-9(12-2)11(14-4)10(7-8)13-3;1-3-10-4-6-11(7-5-10)13-9-8-12-2;1-8(11-9(2)12)10-6-4-3-5-7-10;1-2-7-3-5-8(6-4-7)9(10,11)12;1-7(9)8-5-3-2-4-6-8;1-2-7-3-5-8(9)6-4-7;1-2-8-6-4-3-5-7-8/h7-10H,3-6,11H2,1-2H3;3-4,6-10H,2,5H2,1H3;3-7,9H,8H2,1-2H3,(H,12,13);6-7H,5H2,1-4H3;4-7H,3,8-9H2,1-2H3;3-8H,1-2H3,(H,11,12);3-6H,2H2,1H3;2-6H,1H3;3-6,9H,2H2,1H3;3-7H,2H2,1H3. The molecule has 0 spiro atoms. The second-order valence-corrected chi connectivity index (χ2v) is 27.2. The van der Waals surface area contributed by atoms with Crippen LogP contribution in [0.25, 0.3) is 10.8 Å². The molecular formula is C102H131F3N2O10.